The van der Waals surface area contributed by atoms with Gasteiger partial charge in [0.05, 0.1) is 5.92 Å². The van der Waals surface area contributed by atoms with Crippen LogP contribution in [0.5, 0.6) is 5.75 Å². The molecule has 0 saturated heterocycles. The molecule has 330 valence electrons. The van der Waals surface area contributed by atoms with Gasteiger partial charge in [-0.15, -0.1) is 0 Å². The first-order chi connectivity index (χ1) is 27.8. The Morgan fingerprint density at radius 2 is 1.08 bits per heavy atom. The topological polar surface area (TPSA) is 136 Å². The van der Waals surface area contributed by atoms with Crippen molar-refractivity contribution >= 4 is 24.1 Å². The number of urea groups is 1. The summed E-state index contributed by atoms with van der Waals surface area (Å²) in [7, 11) is 0. The Morgan fingerprint density at radius 1 is 0.583 bits per heavy atom. The summed E-state index contributed by atoms with van der Waals surface area (Å²) in [6, 6.07) is 25.8. The minimum Gasteiger partial charge on any atom is -0.488 e. The smallest absolute Gasteiger partial charge is 0.407 e. The van der Waals surface area contributed by atoms with Crippen molar-refractivity contribution in [3.63, 3.8) is 0 Å². The highest BCUT2D eigenvalue weighted by molar-refractivity contribution is 5.84. The van der Waals surface area contributed by atoms with E-state index in [1.165, 1.54) is 4.90 Å². The van der Waals surface area contributed by atoms with E-state index in [0.717, 1.165) is 16.7 Å². The van der Waals surface area contributed by atoms with Crippen molar-refractivity contribution < 1.29 is 38.1 Å². The molecule has 2 atom stereocenters. The summed E-state index contributed by atoms with van der Waals surface area (Å²) in [6.45, 7) is 23.6. The molecule has 60 heavy (non-hydrogen) atoms. The molecule has 0 aromatic heterocycles. The zero-order valence-corrected chi connectivity index (χ0v) is 38.1. The number of carbonyl (C=O) groups excluding carboxylic acids is 4. The van der Waals surface area contributed by atoms with Crippen LogP contribution in [0.1, 0.15) is 106 Å². The number of hydrogen-bond donors (Lipinski definition) is 2. The Balaban J connectivity index is 1.99. The molecule has 0 aliphatic heterocycles. The van der Waals surface area contributed by atoms with Crippen LogP contribution in [0.3, 0.4) is 0 Å². The monoisotopic (exact) mass is 831 g/mol. The third-order valence-electron chi connectivity index (χ3n) is 8.49. The van der Waals surface area contributed by atoms with Crippen LogP contribution in [0, 0.1) is 5.92 Å². The molecule has 0 unspecified atom stereocenters. The largest absolute Gasteiger partial charge is 0.488 e. The van der Waals surface area contributed by atoms with E-state index in [9.17, 15) is 19.2 Å². The fourth-order valence-corrected chi connectivity index (χ4v) is 6.18. The molecule has 0 fully saturated rings. The Bertz CT molecular complexity index is 1750. The third-order valence-corrected chi connectivity index (χ3v) is 8.49. The molecule has 0 heterocycles. The fourth-order valence-electron chi connectivity index (χ4n) is 6.18. The maximum atomic E-state index is 14.6. The van der Waals surface area contributed by atoms with E-state index in [2.05, 4.69) is 15.5 Å². The highest BCUT2D eigenvalue weighted by atomic mass is 16.6. The van der Waals surface area contributed by atoms with Crippen molar-refractivity contribution in [2.75, 3.05) is 26.2 Å². The number of amides is 3. The molecule has 3 aromatic rings. The molecule has 12 nitrogen and oxygen atoms in total. The number of hydrogen-bond acceptors (Lipinski definition) is 9. The third kappa shape index (κ3) is 20.2. The average molecular weight is 831 g/mol. The summed E-state index contributed by atoms with van der Waals surface area (Å²) >= 11 is 0. The van der Waals surface area contributed by atoms with Gasteiger partial charge in [-0.3, -0.25) is 9.69 Å². The predicted molar refractivity (Wildman–Crippen MR) is 235 cm³/mol. The molecular formula is C48H70N4O8. The van der Waals surface area contributed by atoms with Crippen LogP contribution in [-0.4, -0.2) is 88.5 Å². The van der Waals surface area contributed by atoms with E-state index < -0.39 is 58.4 Å². The Kier molecular flexibility index (Phi) is 18.0. The van der Waals surface area contributed by atoms with Crippen LogP contribution < -0.4 is 15.4 Å². The maximum absolute atomic E-state index is 14.6. The highest BCUT2D eigenvalue weighted by Gasteiger charge is 2.33. The van der Waals surface area contributed by atoms with Crippen molar-refractivity contribution in [1.82, 2.24) is 20.4 Å². The number of nitrogens with one attached hydrogen (secondary N) is 2. The second kappa shape index (κ2) is 21.9. The van der Waals surface area contributed by atoms with Crippen LogP contribution in [0.15, 0.2) is 84.9 Å². The van der Waals surface area contributed by atoms with Crippen molar-refractivity contribution in [2.24, 2.45) is 5.92 Å². The average Bonchev–Trinajstić information content (AvgIpc) is 3.11. The lowest BCUT2D eigenvalue weighted by Crippen LogP contribution is -2.53. The summed E-state index contributed by atoms with van der Waals surface area (Å²) in [5.74, 6) is -1.17. The van der Waals surface area contributed by atoms with Crippen molar-refractivity contribution in [2.45, 2.75) is 137 Å². The molecule has 0 aliphatic rings. The van der Waals surface area contributed by atoms with E-state index in [1.807, 2.05) is 126 Å². The second-order valence-electron chi connectivity index (χ2n) is 19.2. The summed E-state index contributed by atoms with van der Waals surface area (Å²) in [5, 5.41) is 5.71. The van der Waals surface area contributed by atoms with E-state index in [0.29, 0.717) is 25.3 Å². The highest BCUT2D eigenvalue weighted by Crippen LogP contribution is 2.22. The van der Waals surface area contributed by atoms with Gasteiger partial charge >= 0.3 is 24.1 Å². The minimum atomic E-state index is -1.07. The van der Waals surface area contributed by atoms with Gasteiger partial charge in [0, 0.05) is 45.7 Å². The standard InChI is InChI=1S/C48H70N4O8/c1-45(2,3)57-39-26-24-35(25-27-39)30-40(42(54)59-47(7,8)9)50-43(55)52(29-19-28-49-44(56)60-48(10,11)12)34-38(41(53)58-46(4,5)6)33-51(31-36-20-15-13-16-21-36)32-37-22-17-14-18-23-37/h13-18,20-27,38,40H,19,28-34H2,1-12H3,(H,49,56)(H,50,55)/t38-,40+/m1/s1. The lowest BCUT2D eigenvalue weighted by atomic mass is 10.0. The SMILES string of the molecule is CC(C)(C)OC(=O)NCCCN(C[C@@H](CN(Cc1ccccc1)Cc1ccccc1)C(=O)OC(C)(C)C)C(=O)N[C@@H](Cc1ccc(OC(C)(C)C)cc1)C(=O)OC(C)(C)C. The lowest BCUT2D eigenvalue weighted by Gasteiger charge is -2.33. The van der Waals surface area contributed by atoms with Gasteiger partial charge in [0.25, 0.3) is 0 Å². The van der Waals surface area contributed by atoms with Gasteiger partial charge < -0.3 is 34.5 Å². The number of alkyl carbamates (subject to hydrolysis) is 1. The fraction of sp³-hybridized carbons (Fsp3) is 0.542. The Morgan fingerprint density at radius 3 is 1.57 bits per heavy atom. The summed E-state index contributed by atoms with van der Waals surface area (Å²) in [6.07, 6.45) is -0.105. The minimum absolute atomic E-state index is 0.0346. The molecule has 0 spiro atoms. The van der Waals surface area contributed by atoms with Gasteiger partial charge in [-0.25, -0.2) is 14.4 Å². The predicted octanol–water partition coefficient (Wildman–Crippen LogP) is 8.70. The first kappa shape index (κ1) is 49.3. The van der Waals surface area contributed by atoms with Crippen molar-refractivity contribution in [1.29, 1.82) is 0 Å². The van der Waals surface area contributed by atoms with E-state index in [4.69, 9.17) is 18.9 Å². The second-order valence-corrected chi connectivity index (χ2v) is 19.2. The number of carbonyl (C=O) groups is 4. The molecule has 0 bridgehead atoms. The van der Waals surface area contributed by atoms with Gasteiger partial charge in [-0.1, -0.05) is 72.8 Å². The van der Waals surface area contributed by atoms with E-state index in [1.54, 1.807) is 41.5 Å². The first-order valence-electron chi connectivity index (χ1n) is 20.9. The van der Waals surface area contributed by atoms with Crippen LogP contribution in [-0.2, 0) is 43.3 Å². The normalized spacial score (nSPS) is 13.2. The van der Waals surface area contributed by atoms with Gasteiger partial charge in [-0.2, -0.15) is 0 Å². The molecule has 3 amide bonds. The zero-order chi connectivity index (χ0) is 44.7. The molecule has 0 radical (unpaired) electrons. The van der Waals surface area contributed by atoms with Gasteiger partial charge in [-0.05, 0) is 118 Å². The van der Waals surface area contributed by atoms with Crippen LogP contribution in [0.25, 0.3) is 0 Å². The summed E-state index contributed by atoms with van der Waals surface area (Å²) in [5.41, 5.74) is 0.231. The number of benzene rings is 3. The Hall–Kier alpha value is -5.10. The maximum Gasteiger partial charge on any atom is 0.407 e. The van der Waals surface area contributed by atoms with E-state index >= 15 is 0 Å². The van der Waals surface area contributed by atoms with Crippen molar-refractivity contribution in [3.05, 3.63) is 102 Å². The number of nitrogens with zero attached hydrogens (tertiary/aromatic N) is 2. The lowest BCUT2D eigenvalue weighted by molar-refractivity contribution is -0.161. The summed E-state index contributed by atoms with van der Waals surface area (Å²) < 4.78 is 23.2. The number of esters is 2. The first-order valence-corrected chi connectivity index (χ1v) is 20.9. The van der Waals surface area contributed by atoms with Gasteiger partial charge in [0.1, 0.15) is 34.2 Å². The van der Waals surface area contributed by atoms with Crippen molar-refractivity contribution in [3.8, 4) is 5.75 Å². The molecule has 0 aliphatic carbocycles. The van der Waals surface area contributed by atoms with Crippen LogP contribution in [0.2, 0.25) is 0 Å². The van der Waals surface area contributed by atoms with E-state index in [-0.39, 0.29) is 32.6 Å². The molecule has 12 heteroatoms. The molecular weight excluding hydrogens is 761 g/mol. The summed E-state index contributed by atoms with van der Waals surface area (Å²) in [4.78, 5) is 58.7. The molecule has 3 rings (SSSR count). The molecule has 0 saturated carbocycles. The van der Waals surface area contributed by atoms with Gasteiger partial charge in [0.2, 0.25) is 0 Å². The molecule has 2 N–H and O–H groups in total. The number of rotatable bonds is 18. The quantitative estimate of drug-likeness (QED) is 0.0733. The van der Waals surface area contributed by atoms with Gasteiger partial charge in [0.15, 0.2) is 0 Å². The number of ether oxygens (including phenoxy) is 4. The van der Waals surface area contributed by atoms with Crippen LogP contribution in [0.4, 0.5) is 9.59 Å². The Labute approximate surface area is 358 Å². The van der Waals surface area contributed by atoms with Crippen LogP contribution >= 0.6 is 0 Å². The zero-order valence-electron chi connectivity index (χ0n) is 38.1. The molecule has 3 aromatic carbocycles.